The molecule has 0 aliphatic carbocycles. The molecule has 1 unspecified atom stereocenters. The van der Waals surface area contributed by atoms with E-state index in [1.807, 2.05) is 0 Å². The van der Waals surface area contributed by atoms with Crippen molar-refractivity contribution in [1.82, 2.24) is 15.0 Å². The van der Waals surface area contributed by atoms with Gasteiger partial charge >= 0.3 is 0 Å². The van der Waals surface area contributed by atoms with Crippen LogP contribution in [0.1, 0.15) is 23.7 Å². The summed E-state index contributed by atoms with van der Waals surface area (Å²) in [6.07, 6.45) is 0.213. The van der Waals surface area contributed by atoms with E-state index in [4.69, 9.17) is 9.26 Å². The Morgan fingerprint density at radius 1 is 1.21 bits per heavy atom. The quantitative estimate of drug-likeness (QED) is 0.672. The Morgan fingerprint density at radius 2 is 2.00 bits per heavy atom. The highest BCUT2D eigenvalue weighted by molar-refractivity contribution is 5.79. The fourth-order valence-corrected chi connectivity index (χ4v) is 3.21. The molecule has 0 spiro atoms. The molecule has 144 valence electrons. The maximum Gasteiger partial charge on any atom is 0.257 e. The van der Waals surface area contributed by atoms with Crippen LogP contribution in [0.5, 0.6) is 5.75 Å². The third kappa shape index (κ3) is 3.58. The van der Waals surface area contributed by atoms with Crippen LogP contribution in [0.15, 0.2) is 47.0 Å². The second kappa shape index (κ2) is 7.38. The number of halogens is 2. The van der Waals surface area contributed by atoms with E-state index in [1.165, 1.54) is 17.0 Å². The van der Waals surface area contributed by atoms with Crippen LogP contribution in [0.3, 0.4) is 0 Å². The Labute approximate surface area is 159 Å². The minimum Gasteiger partial charge on any atom is -0.497 e. The van der Waals surface area contributed by atoms with Crippen molar-refractivity contribution in [2.24, 2.45) is 0 Å². The molecule has 2 aromatic carbocycles. The highest BCUT2D eigenvalue weighted by atomic mass is 19.1. The molecular formula is C20H17F2N3O3. The summed E-state index contributed by atoms with van der Waals surface area (Å²) in [4.78, 5) is 18.2. The van der Waals surface area contributed by atoms with Gasteiger partial charge in [-0.1, -0.05) is 11.2 Å². The summed E-state index contributed by atoms with van der Waals surface area (Å²) in [6, 6.07) is 10.5. The lowest BCUT2D eigenvalue weighted by Gasteiger charge is -2.16. The summed E-state index contributed by atoms with van der Waals surface area (Å²) < 4.78 is 37.4. The first-order valence-electron chi connectivity index (χ1n) is 8.73. The van der Waals surface area contributed by atoms with Crippen molar-refractivity contribution in [2.75, 3.05) is 13.7 Å². The molecule has 1 saturated heterocycles. The van der Waals surface area contributed by atoms with E-state index in [0.717, 1.165) is 11.6 Å². The number of ether oxygens (including phenoxy) is 1. The number of methoxy groups -OCH3 is 1. The van der Waals surface area contributed by atoms with Gasteiger partial charge in [-0.3, -0.25) is 4.79 Å². The molecule has 4 rings (SSSR count). The predicted molar refractivity (Wildman–Crippen MR) is 95.4 cm³/mol. The summed E-state index contributed by atoms with van der Waals surface area (Å²) in [5.74, 6) is -0.193. The van der Waals surface area contributed by atoms with Crippen molar-refractivity contribution in [3.63, 3.8) is 0 Å². The summed E-state index contributed by atoms with van der Waals surface area (Å²) >= 11 is 0. The molecule has 1 aromatic heterocycles. The smallest absolute Gasteiger partial charge is 0.257 e. The van der Waals surface area contributed by atoms with Crippen molar-refractivity contribution < 1.29 is 22.8 Å². The van der Waals surface area contributed by atoms with E-state index in [2.05, 4.69) is 10.1 Å². The van der Waals surface area contributed by atoms with Crippen LogP contribution in [0, 0.1) is 11.6 Å². The molecule has 2 heterocycles. The van der Waals surface area contributed by atoms with Gasteiger partial charge in [0.25, 0.3) is 5.89 Å². The lowest BCUT2D eigenvalue weighted by Crippen LogP contribution is -2.25. The van der Waals surface area contributed by atoms with Crippen LogP contribution in [-0.2, 0) is 11.3 Å². The van der Waals surface area contributed by atoms with Gasteiger partial charge in [0.05, 0.1) is 7.11 Å². The van der Waals surface area contributed by atoms with Crippen LogP contribution in [0.4, 0.5) is 8.78 Å². The fraction of sp³-hybridized carbons (Fsp3) is 0.250. The molecule has 1 aliphatic rings. The largest absolute Gasteiger partial charge is 0.497 e. The maximum atomic E-state index is 13.9. The third-order valence-corrected chi connectivity index (χ3v) is 4.73. The predicted octanol–water partition coefficient (Wildman–Crippen LogP) is 3.54. The molecule has 0 N–H and O–H groups in total. The van der Waals surface area contributed by atoms with E-state index < -0.39 is 11.6 Å². The topological polar surface area (TPSA) is 68.5 Å². The second-order valence-corrected chi connectivity index (χ2v) is 6.60. The van der Waals surface area contributed by atoms with Crippen LogP contribution < -0.4 is 4.74 Å². The van der Waals surface area contributed by atoms with Crippen LogP contribution in [0.25, 0.3) is 11.5 Å². The molecule has 0 bridgehead atoms. The monoisotopic (exact) mass is 385 g/mol. The number of likely N-dealkylation sites (tertiary alicyclic amines) is 1. The van der Waals surface area contributed by atoms with E-state index in [0.29, 0.717) is 24.0 Å². The van der Waals surface area contributed by atoms with Crippen molar-refractivity contribution in [3.8, 4) is 17.2 Å². The number of amides is 1. The summed E-state index contributed by atoms with van der Waals surface area (Å²) in [6.45, 7) is 0.419. The molecule has 3 aromatic rings. The maximum absolute atomic E-state index is 13.9. The average Bonchev–Trinajstić information content (AvgIpc) is 3.31. The number of hydrogen-bond acceptors (Lipinski definition) is 5. The first kappa shape index (κ1) is 18.1. The zero-order valence-electron chi connectivity index (χ0n) is 15.1. The lowest BCUT2D eigenvalue weighted by molar-refractivity contribution is -0.128. The third-order valence-electron chi connectivity index (χ3n) is 4.73. The Bertz CT molecular complexity index is 1000. The number of carbonyl (C=O) groups excluding carboxylic acids is 1. The van der Waals surface area contributed by atoms with E-state index in [-0.39, 0.29) is 30.4 Å². The SMILES string of the molecule is COc1ccc(-c2nc(C3CC(=O)N(Cc4ccc(F)cc4F)C3)no2)cc1. The number of nitrogens with zero attached hydrogens (tertiary/aromatic N) is 3. The van der Waals surface area contributed by atoms with Gasteiger partial charge in [0.1, 0.15) is 17.4 Å². The van der Waals surface area contributed by atoms with Crippen molar-refractivity contribution in [1.29, 1.82) is 0 Å². The van der Waals surface area contributed by atoms with E-state index >= 15 is 0 Å². The molecule has 1 atom stereocenters. The summed E-state index contributed by atoms with van der Waals surface area (Å²) in [5, 5.41) is 4.00. The first-order valence-corrected chi connectivity index (χ1v) is 8.73. The molecule has 0 radical (unpaired) electrons. The standard InChI is InChI=1S/C20H17F2N3O3/c1-27-16-6-3-12(4-7-16)20-23-19(24-28-20)14-8-18(26)25(11-14)10-13-2-5-15(21)9-17(13)22/h2-7,9,14H,8,10-11H2,1H3. The zero-order valence-corrected chi connectivity index (χ0v) is 15.1. The Kier molecular flexibility index (Phi) is 4.77. The number of hydrogen-bond donors (Lipinski definition) is 0. The van der Waals surface area contributed by atoms with Crippen LogP contribution >= 0.6 is 0 Å². The average molecular weight is 385 g/mol. The van der Waals surface area contributed by atoms with Crippen LogP contribution in [-0.4, -0.2) is 34.6 Å². The van der Waals surface area contributed by atoms with Gasteiger partial charge < -0.3 is 14.2 Å². The lowest BCUT2D eigenvalue weighted by atomic mass is 10.1. The number of carbonyl (C=O) groups is 1. The summed E-state index contributed by atoms with van der Waals surface area (Å²) in [7, 11) is 1.58. The van der Waals surface area contributed by atoms with Gasteiger partial charge in [0.2, 0.25) is 5.91 Å². The van der Waals surface area contributed by atoms with Gasteiger partial charge in [-0.2, -0.15) is 4.98 Å². The fourth-order valence-electron chi connectivity index (χ4n) is 3.21. The van der Waals surface area contributed by atoms with E-state index in [1.54, 1.807) is 31.4 Å². The molecule has 28 heavy (non-hydrogen) atoms. The molecule has 1 fully saturated rings. The number of aromatic nitrogens is 2. The molecule has 0 saturated carbocycles. The van der Waals surface area contributed by atoms with Gasteiger partial charge in [-0.05, 0) is 30.3 Å². The zero-order chi connectivity index (χ0) is 19.7. The Hall–Kier alpha value is -3.29. The van der Waals surface area contributed by atoms with Crippen molar-refractivity contribution in [2.45, 2.75) is 18.9 Å². The highest BCUT2D eigenvalue weighted by Gasteiger charge is 2.34. The molecular weight excluding hydrogens is 368 g/mol. The Morgan fingerprint density at radius 3 is 2.71 bits per heavy atom. The van der Waals surface area contributed by atoms with Crippen molar-refractivity contribution in [3.05, 3.63) is 65.5 Å². The normalized spacial score (nSPS) is 16.6. The number of benzene rings is 2. The molecule has 8 heteroatoms. The number of rotatable bonds is 5. The van der Waals surface area contributed by atoms with Crippen molar-refractivity contribution >= 4 is 5.91 Å². The minimum atomic E-state index is -0.669. The van der Waals surface area contributed by atoms with E-state index in [9.17, 15) is 13.6 Å². The first-order chi connectivity index (χ1) is 13.5. The molecule has 1 aliphatic heterocycles. The molecule has 6 nitrogen and oxygen atoms in total. The highest BCUT2D eigenvalue weighted by Crippen LogP contribution is 2.30. The van der Waals surface area contributed by atoms with Gasteiger partial charge in [0.15, 0.2) is 5.82 Å². The second-order valence-electron chi connectivity index (χ2n) is 6.60. The van der Waals surface area contributed by atoms with Gasteiger partial charge in [-0.25, -0.2) is 8.78 Å². The Balaban J connectivity index is 1.47. The van der Waals surface area contributed by atoms with Gasteiger partial charge in [-0.15, -0.1) is 0 Å². The summed E-state index contributed by atoms with van der Waals surface area (Å²) in [5.41, 5.74) is 1.01. The van der Waals surface area contributed by atoms with Crippen LogP contribution in [0.2, 0.25) is 0 Å². The van der Waals surface area contributed by atoms with Gasteiger partial charge in [0, 0.05) is 42.6 Å². The minimum absolute atomic E-state index is 0.0740. The molecule has 1 amide bonds.